The number of carbonyl (C=O) groups excluding carboxylic acids is 1. The number of esters is 1. The number of aromatic nitrogens is 2. The first-order valence-electron chi connectivity index (χ1n) is 14.8. The van der Waals surface area contributed by atoms with Crippen molar-refractivity contribution in [2.45, 2.75) is 57.9 Å². The average Bonchev–Trinajstić information content (AvgIpc) is 3.38. The van der Waals surface area contributed by atoms with Gasteiger partial charge in [0.15, 0.2) is 13.7 Å². The molecule has 0 unspecified atom stereocenters. The first-order chi connectivity index (χ1) is 20.6. The molecule has 7 heteroatoms. The highest BCUT2D eigenvalue weighted by Gasteiger charge is 2.52. The topological polar surface area (TPSA) is 81.4 Å². The Morgan fingerprint density at radius 2 is 1.51 bits per heavy atom. The molecule has 0 saturated heterocycles. The molecule has 0 spiro atoms. The van der Waals surface area contributed by atoms with Gasteiger partial charge in [-0.25, -0.2) is 9.78 Å². The normalized spacial score (nSPS) is 17.7. The Bertz CT molecular complexity index is 1940. The number of cyclic esters (lactones) is 1. The summed E-state index contributed by atoms with van der Waals surface area (Å²) < 4.78 is 7.07. The molecule has 5 aromatic rings. The minimum atomic E-state index is -2.86. The first-order valence-corrected chi connectivity index (χ1v) is 16.8. The lowest BCUT2D eigenvalue weighted by atomic mass is 9.86. The third-order valence-electron chi connectivity index (χ3n) is 9.51. The molecule has 3 aromatic carbocycles. The number of ether oxygens (including phenoxy) is 1. The van der Waals surface area contributed by atoms with E-state index in [0.717, 1.165) is 22.2 Å². The van der Waals surface area contributed by atoms with E-state index in [1.807, 2.05) is 18.2 Å². The average molecular weight is 587 g/mol. The number of pyridine rings is 2. The standard InChI is InChI=1S/C36H34N2O4Si/c1-5-36(41)28-20-30-31-26(21-38(30)33(39)27(28)22-42-34(36)40)32(25-18-12-13-19-29(25)37-31)43(35(2,3)4,23-14-8-6-9-15-23)24-16-10-7-11-17-24/h6-20,41H,5,21-22H2,1-4H3/t36-/m0/s1. The van der Waals surface area contributed by atoms with Gasteiger partial charge in [0.1, 0.15) is 6.61 Å². The number of carbonyl (C=O) groups is 1. The molecule has 2 aromatic heterocycles. The first kappa shape index (κ1) is 27.5. The maximum Gasteiger partial charge on any atom is 0.343 e. The third kappa shape index (κ3) is 3.71. The molecule has 0 saturated carbocycles. The van der Waals surface area contributed by atoms with Crippen molar-refractivity contribution in [3.63, 3.8) is 0 Å². The minimum Gasteiger partial charge on any atom is -0.458 e. The molecule has 2 aliphatic heterocycles. The third-order valence-corrected chi connectivity index (χ3v) is 15.5. The second-order valence-corrected chi connectivity index (χ2v) is 17.3. The molecule has 0 amide bonds. The molecule has 0 bridgehead atoms. The van der Waals surface area contributed by atoms with Gasteiger partial charge in [0, 0.05) is 16.5 Å². The van der Waals surface area contributed by atoms with E-state index in [9.17, 15) is 14.7 Å². The number of hydrogen-bond acceptors (Lipinski definition) is 5. The van der Waals surface area contributed by atoms with Crippen molar-refractivity contribution in [1.82, 2.24) is 9.55 Å². The maximum absolute atomic E-state index is 14.1. The lowest BCUT2D eigenvalue weighted by molar-refractivity contribution is -0.172. The van der Waals surface area contributed by atoms with E-state index >= 15 is 0 Å². The van der Waals surface area contributed by atoms with E-state index in [4.69, 9.17) is 9.72 Å². The number of fused-ring (bicyclic) bond motifs is 5. The second-order valence-electron chi connectivity index (χ2n) is 12.7. The Labute approximate surface area is 251 Å². The largest absolute Gasteiger partial charge is 0.458 e. The molecule has 43 heavy (non-hydrogen) atoms. The van der Waals surface area contributed by atoms with Crippen LogP contribution in [0.5, 0.6) is 0 Å². The van der Waals surface area contributed by atoms with Gasteiger partial charge in [0.25, 0.3) is 5.56 Å². The molecule has 1 atom stereocenters. The van der Waals surface area contributed by atoms with Crippen LogP contribution in [0.3, 0.4) is 0 Å². The Kier molecular flexibility index (Phi) is 6.13. The van der Waals surface area contributed by atoms with Gasteiger partial charge in [0.2, 0.25) is 0 Å². The van der Waals surface area contributed by atoms with Crippen LogP contribution in [0.1, 0.15) is 50.8 Å². The highest BCUT2D eigenvalue weighted by molar-refractivity contribution is 7.14. The lowest BCUT2D eigenvalue weighted by Crippen LogP contribution is -2.73. The molecule has 2 aliphatic rings. The summed E-state index contributed by atoms with van der Waals surface area (Å²) in [5, 5.41) is 16.2. The summed E-state index contributed by atoms with van der Waals surface area (Å²) in [5.74, 6) is -0.718. The van der Waals surface area contributed by atoms with Gasteiger partial charge in [0.05, 0.1) is 29.0 Å². The van der Waals surface area contributed by atoms with Crippen molar-refractivity contribution in [2.75, 3.05) is 0 Å². The summed E-state index contributed by atoms with van der Waals surface area (Å²) in [5.41, 5.74) is 1.79. The molecule has 6 nitrogen and oxygen atoms in total. The number of hydrogen-bond donors (Lipinski definition) is 1. The van der Waals surface area contributed by atoms with Crippen LogP contribution >= 0.6 is 0 Å². The Hall–Kier alpha value is -4.33. The molecule has 1 N–H and O–H groups in total. The molecule has 0 radical (unpaired) electrons. The zero-order chi connectivity index (χ0) is 30.1. The van der Waals surface area contributed by atoms with Crippen molar-refractivity contribution in [3.05, 3.63) is 118 Å². The molecule has 4 heterocycles. The number of aliphatic hydroxyl groups is 1. The molecule has 7 rings (SSSR count). The van der Waals surface area contributed by atoms with E-state index in [0.29, 0.717) is 23.4 Å². The van der Waals surface area contributed by atoms with Gasteiger partial charge >= 0.3 is 5.97 Å². The number of benzene rings is 3. The fourth-order valence-corrected chi connectivity index (χ4v) is 13.6. The van der Waals surface area contributed by atoms with E-state index in [1.165, 1.54) is 15.6 Å². The fraction of sp³-hybridized carbons (Fsp3) is 0.250. The Morgan fingerprint density at radius 3 is 2.12 bits per heavy atom. The van der Waals surface area contributed by atoms with Crippen LogP contribution in [0.2, 0.25) is 5.04 Å². The second kappa shape index (κ2) is 9.59. The van der Waals surface area contributed by atoms with E-state index in [-0.39, 0.29) is 23.6 Å². The van der Waals surface area contributed by atoms with Gasteiger partial charge in [-0.3, -0.25) is 4.79 Å². The van der Waals surface area contributed by atoms with Crippen LogP contribution in [0, 0.1) is 0 Å². The minimum absolute atomic E-state index is 0.104. The predicted octanol–water partition coefficient (Wildman–Crippen LogP) is 4.35. The zero-order valence-electron chi connectivity index (χ0n) is 24.8. The Balaban J connectivity index is 1.65. The van der Waals surface area contributed by atoms with Crippen LogP contribution in [0.15, 0.2) is 95.8 Å². The van der Waals surface area contributed by atoms with E-state index in [1.54, 1.807) is 11.5 Å². The molecule has 0 fully saturated rings. The molecule has 0 aliphatic carbocycles. The molecular formula is C36H34N2O4Si. The quantitative estimate of drug-likeness (QED) is 0.245. The smallest absolute Gasteiger partial charge is 0.343 e. The summed E-state index contributed by atoms with van der Waals surface area (Å²) in [6.45, 7) is 8.92. The lowest BCUT2D eigenvalue weighted by Gasteiger charge is -2.46. The fourth-order valence-electron chi connectivity index (χ4n) is 7.53. The summed E-state index contributed by atoms with van der Waals surface area (Å²) >= 11 is 0. The van der Waals surface area contributed by atoms with Crippen LogP contribution in [0.25, 0.3) is 22.3 Å². The van der Waals surface area contributed by atoms with Crippen LogP contribution in [0.4, 0.5) is 0 Å². The van der Waals surface area contributed by atoms with Crippen molar-refractivity contribution >= 4 is 40.5 Å². The Morgan fingerprint density at radius 1 is 0.907 bits per heavy atom. The van der Waals surface area contributed by atoms with Crippen molar-refractivity contribution < 1.29 is 14.6 Å². The summed E-state index contributed by atoms with van der Waals surface area (Å²) in [6.07, 6.45) is 0.104. The molecular weight excluding hydrogens is 552 g/mol. The number of rotatable bonds is 4. The highest BCUT2D eigenvalue weighted by Crippen LogP contribution is 2.42. The van der Waals surface area contributed by atoms with Crippen molar-refractivity contribution in [3.8, 4) is 11.4 Å². The summed E-state index contributed by atoms with van der Waals surface area (Å²) in [6, 6.07) is 31.7. The number of nitrogens with zero attached hydrogens (tertiary/aromatic N) is 2. The van der Waals surface area contributed by atoms with Crippen LogP contribution in [-0.2, 0) is 28.3 Å². The summed E-state index contributed by atoms with van der Waals surface area (Å²) in [7, 11) is -2.86. The predicted molar refractivity (Wildman–Crippen MR) is 172 cm³/mol. The SMILES string of the molecule is CC[C@@]1(O)C(=O)OCc2c1cc1n(c2=O)Cc2c-1nc1ccccc1c2[Si](c1ccccc1)(c1ccccc1)C(C)(C)C. The van der Waals surface area contributed by atoms with Gasteiger partial charge < -0.3 is 14.4 Å². The maximum atomic E-state index is 14.1. The van der Waals surface area contributed by atoms with Gasteiger partial charge in [-0.05, 0) is 39.2 Å². The highest BCUT2D eigenvalue weighted by atomic mass is 28.3. The van der Waals surface area contributed by atoms with Gasteiger partial charge in [-0.2, -0.15) is 0 Å². The van der Waals surface area contributed by atoms with E-state index in [2.05, 4.69) is 93.6 Å². The number of para-hydroxylation sites is 1. The molecule has 216 valence electrons. The van der Waals surface area contributed by atoms with Crippen LogP contribution < -0.4 is 21.1 Å². The van der Waals surface area contributed by atoms with Crippen LogP contribution in [-0.4, -0.2) is 28.7 Å². The van der Waals surface area contributed by atoms with Crippen molar-refractivity contribution in [2.24, 2.45) is 0 Å². The van der Waals surface area contributed by atoms with E-state index < -0.39 is 19.6 Å². The van der Waals surface area contributed by atoms with Gasteiger partial charge in [-0.1, -0.05) is 107 Å². The van der Waals surface area contributed by atoms with Crippen molar-refractivity contribution in [1.29, 1.82) is 0 Å². The summed E-state index contributed by atoms with van der Waals surface area (Å²) in [4.78, 5) is 32.1. The zero-order valence-corrected chi connectivity index (χ0v) is 25.8. The van der Waals surface area contributed by atoms with Gasteiger partial charge in [-0.15, -0.1) is 0 Å². The monoisotopic (exact) mass is 586 g/mol.